The lowest BCUT2D eigenvalue weighted by atomic mass is 10.1. The van der Waals surface area contributed by atoms with E-state index in [9.17, 15) is 0 Å². The van der Waals surface area contributed by atoms with Crippen LogP contribution in [0.15, 0.2) is 0 Å². The summed E-state index contributed by atoms with van der Waals surface area (Å²) in [6.45, 7) is 8.93. The third-order valence-corrected chi connectivity index (χ3v) is 2.94. The van der Waals surface area contributed by atoms with E-state index in [0.29, 0.717) is 0 Å². The van der Waals surface area contributed by atoms with Crippen LogP contribution in [-0.4, -0.2) is 26.2 Å². The molecule has 0 aliphatic rings. The summed E-state index contributed by atoms with van der Waals surface area (Å²) >= 11 is 0. The topological polar surface area (TPSA) is 24.1 Å². The van der Waals surface area contributed by atoms with Crippen molar-refractivity contribution in [3.05, 3.63) is 0 Å². The van der Waals surface area contributed by atoms with E-state index >= 15 is 0 Å². The summed E-state index contributed by atoms with van der Waals surface area (Å²) in [5, 5.41) is 6.79. The summed E-state index contributed by atoms with van der Waals surface area (Å²) in [4.78, 5) is 0. The number of nitrogens with one attached hydrogen (secondary N) is 2. The third kappa shape index (κ3) is 13.9. The van der Waals surface area contributed by atoms with Crippen LogP contribution >= 0.6 is 0 Å². The highest BCUT2D eigenvalue weighted by Gasteiger charge is 1.91. The van der Waals surface area contributed by atoms with E-state index in [2.05, 4.69) is 24.5 Å². The van der Waals surface area contributed by atoms with Crippen LogP contribution in [0.3, 0.4) is 0 Å². The van der Waals surface area contributed by atoms with Crippen LogP contribution in [0.5, 0.6) is 0 Å². The zero-order valence-electron chi connectivity index (χ0n) is 11.5. The first-order chi connectivity index (χ1) is 7.91. The third-order valence-electron chi connectivity index (χ3n) is 2.94. The van der Waals surface area contributed by atoms with Gasteiger partial charge in [0.2, 0.25) is 0 Å². The van der Waals surface area contributed by atoms with Gasteiger partial charge in [-0.05, 0) is 19.5 Å². The average molecular weight is 228 g/mol. The summed E-state index contributed by atoms with van der Waals surface area (Å²) in [6, 6.07) is 0. The number of likely N-dealkylation sites (N-methyl/N-ethyl adjacent to an activating group) is 1. The van der Waals surface area contributed by atoms with Crippen LogP contribution < -0.4 is 10.6 Å². The highest BCUT2D eigenvalue weighted by Crippen LogP contribution is 2.07. The van der Waals surface area contributed by atoms with Crippen LogP contribution in [0, 0.1) is 0 Å². The van der Waals surface area contributed by atoms with Gasteiger partial charge in [-0.15, -0.1) is 0 Å². The van der Waals surface area contributed by atoms with Crippen molar-refractivity contribution in [2.24, 2.45) is 0 Å². The first kappa shape index (κ1) is 15.9. The highest BCUT2D eigenvalue weighted by molar-refractivity contribution is 4.52. The maximum atomic E-state index is 3.47. The molecule has 0 heterocycles. The molecule has 2 N–H and O–H groups in total. The fourth-order valence-electron chi connectivity index (χ4n) is 1.86. The Labute approximate surface area is 103 Å². The minimum atomic E-state index is 1.08. The van der Waals surface area contributed by atoms with Gasteiger partial charge in [-0.1, -0.05) is 58.8 Å². The minimum Gasteiger partial charge on any atom is -0.316 e. The molecule has 0 bridgehead atoms. The monoisotopic (exact) mass is 228 g/mol. The molecule has 0 rings (SSSR count). The standard InChI is InChI=1S/C14H32N2/c1-3-5-6-7-8-9-10-11-12-16-14-13-15-4-2/h15-16H,3-14H2,1-2H3. The molecule has 0 aromatic rings. The second kappa shape index (κ2) is 14.9. The first-order valence-electron chi connectivity index (χ1n) is 7.33. The van der Waals surface area contributed by atoms with Gasteiger partial charge in [-0.3, -0.25) is 0 Å². The molecule has 0 radical (unpaired) electrons. The Balaban J connectivity index is 2.83. The molecule has 0 spiro atoms. The van der Waals surface area contributed by atoms with E-state index in [1.165, 1.54) is 57.9 Å². The van der Waals surface area contributed by atoms with Crippen molar-refractivity contribution >= 4 is 0 Å². The van der Waals surface area contributed by atoms with E-state index in [1.54, 1.807) is 0 Å². The van der Waals surface area contributed by atoms with Gasteiger partial charge in [-0.25, -0.2) is 0 Å². The Kier molecular flexibility index (Phi) is 14.8. The zero-order chi connectivity index (χ0) is 11.9. The molecule has 0 aliphatic carbocycles. The van der Waals surface area contributed by atoms with Crippen molar-refractivity contribution in [3.63, 3.8) is 0 Å². The van der Waals surface area contributed by atoms with Crippen LogP contribution in [-0.2, 0) is 0 Å². The largest absolute Gasteiger partial charge is 0.316 e. The lowest BCUT2D eigenvalue weighted by Gasteiger charge is -2.05. The van der Waals surface area contributed by atoms with E-state index in [4.69, 9.17) is 0 Å². The quantitative estimate of drug-likeness (QED) is 0.473. The molecule has 2 nitrogen and oxygen atoms in total. The van der Waals surface area contributed by atoms with Crippen LogP contribution in [0.4, 0.5) is 0 Å². The molecule has 0 amide bonds. The Morgan fingerprint density at radius 2 is 1.12 bits per heavy atom. The molecule has 0 atom stereocenters. The summed E-state index contributed by atoms with van der Waals surface area (Å²) in [5.74, 6) is 0. The van der Waals surface area contributed by atoms with Gasteiger partial charge in [0.05, 0.1) is 0 Å². The molecule has 2 heteroatoms. The lowest BCUT2D eigenvalue weighted by Crippen LogP contribution is -2.27. The second-order valence-electron chi connectivity index (χ2n) is 4.58. The van der Waals surface area contributed by atoms with Crippen LogP contribution in [0.2, 0.25) is 0 Å². The van der Waals surface area contributed by atoms with E-state index in [-0.39, 0.29) is 0 Å². The van der Waals surface area contributed by atoms with E-state index < -0.39 is 0 Å². The van der Waals surface area contributed by atoms with Crippen molar-refractivity contribution in [3.8, 4) is 0 Å². The van der Waals surface area contributed by atoms with Crippen molar-refractivity contribution in [1.82, 2.24) is 10.6 Å². The number of unbranched alkanes of at least 4 members (excludes halogenated alkanes) is 7. The maximum Gasteiger partial charge on any atom is 0.00767 e. The number of rotatable bonds is 13. The summed E-state index contributed by atoms with van der Waals surface area (Å²) < 4.78 is 0. The summed E-state index contributed by atoms with van der Waals surface area (Å²) in [6.07, 6.45) is 11.3. The molecule has 0 saturated heterocycles. The predicted molar refractivity (Wildman–Crippen MR) is 74.0 cm³/mol. The van der Waals surface area contributed by atoms with Gasteiger partial charge >= 0.3 is 0 Å². The zero-order valence-corrected chi connectivity index (χ0v) is 11.5. The Morgan fingerprint density at radius 1 is 0.562 bits per heavy atom. The van der Waals surface area contributed by atoms with Gasteiger partial charge in [0.25, 0.3) is 0 Å². The molecule has 0 aromatic heterocycles. The van der Waals surface area contributed by atoms with E-state index in [0.717, 1.165) is 19.6 Å². The van der Waals surface area contributed by atoms with Gasteiger partial charge in [0.15, 0.2) is 0 Å². The Morgan fingerprint density at radius 3 is 1.75 bits per heavy atom. The molecule has 0 unspecified atom stereocenters. The fraction of sp³-hybridized carbons (Fsp3) is 1.00. The normalized spacial score (nSPS) is 10.9. The minimum absolute atomic E-state index is 1.08. The van der Waals surface area contributed by atoms with E-state index in [1.807, 2.05) is 0 Å². The Hall–Kier alpha value is -0.0800. The smallest absolute Gasteiger partial charge is 0.00767 e. The molecule has 0 fully saturated rings. The van der Waals surface area contributed by atoms with Gasteiger partial charge < -0.3 is 10.6 Å². The van der Waals surface area contributed by atoms with Gasteiger partial charge in [-0.2, -0.15) is 0 Å². The molecule has 0 aliphatic heterocycles. The Bertz CT molecular complexity index is 101. The summed E-state index contributed by atoms with van der Waals surface area (Å²) in [7, 11) is 0. The molecule has 98 valence electrons. The molecule has 0 saturated carbocycles. The highest BCUT2D eigenvalue weighted by atomic mass is 14.9. The summed E-state index contributed by atoms with van der Waals surface area (Å²) in [5.41, 5.74) is 0. The predicted octanol–water partition coefficient (Wildman–Crippen LogP) is 3.33. The van der Waals surface area contributed by atoms with Crippen molar-refractivity contribution in [2.45, 2.75) is 65.2 Å². The lowest BCUT2D eigenvalue weighted by molar-refractivity contribution is 0.549. The fourth-order valence-corrected chi connectivity index (χ4v) is 1.86. The van der Waals surface area contributed by atoms with Crippen LogP contribution in [0.25, 0.3) is 0 Å². The van der Waals surface area contributed by atoms with Crippen molar-refractivity contribution < 1.29 is 0 Å². The van der Waals surface area contributed by atoms with Crippen molar-refractivity contribution in [2.75, 3.05) is 26.2 Å². The average Bonchev–Trinajstić information content (AvgIpc) is 2.31. The van der Waals surface area contributed by atoms with Crippen LogP contribution in [0.1, 0.15) is 65.2 Å². The maximum absolute atomic E-state index is 3.47. The number of hydrogen-bond donors (Lipinski definition) is 2. The first-order valence-corrected chi connectivity index (χ1v) is 7.33. The molecule has 0 aromatic carbocycles. The molecular weight excluding hydrogens is 196 g/mol. The van der Waals surface area contributed by atoms with Gasteiger partial charge in [0, 0.05) is 13.1 Å². The van der Waals surface area contributed by atoms with Crippen molar-refractivity contribution in [1.29, 1.82) is 0 Å². The molecule has 16 heavy (non-hydrogen) atoms. The second-order valence-corrected chi connectivity index (χ2v) is 4.58. The number of hydrogen-bond acceptors (Lipinski definition) is 2. The SMILES string of the molecule is CCCCCCCCCCNCCNCC. The van der Waals surface area contributed by atoms with Gasteiger partial charge in [0.1, 0.15) is 0 Å². The molecular formula is C14H32N2.